The number of carboxylic acid groups (broad SMARTS) is 1. The quantitative estimate of drug-likeness (QED) is 0.657. The van der Waals surface area contributed by atoms with Crippen molar-refractivity contribution in [3.8, 4) is 0 Å². The van der Waals surface area contributed by atoms with E-state index in [0.717, 1.165) is 19.4 Å². The molecule has 2 fully saturated rings. The lowest BCUT2D eigenvalue weighted by molar-refractivity contribution is -0.141. The van der Waals surface area contributed by atoms with Gasteiger partial charge < -0.3 is 10.4 Å². The lowest BCUT2D eigenvalue weighted by Gasteiger charge is -2.31. The molecule has 0 aromatic heterocycles. The minimum Gasteiger partial charge on any atom is -0.481 e. The Morgan fingerprint density at radius 1 is 1.47 bits per heavy atom. The van der Waals surface area contributed by atoms with Gasteiger partial charge in [-0.05, 0) is 19.3 Å². The summed E-state index contributed by atoms with van der Waals surface area (Å²) < 4.78 is 0. The van der Waals surface area contributed by atoms with Crippen LogP contribution >= 0.6 is 0 Å². The summed E-state index contributed by atoms with van der Waals surface area (Å²) in [5.74, 6) is -0.848. The summed E-state index contributed by atoms with van der Waals surface area (Å²) in [6, 6.07) is 0.289. The van der Waals surface area contributed by atoms with Crippen LogP contribution in [0.3, 0.4) is 0 Å². The lowest BCUT2D eigenvalue weighted by atomic mass is 10.1. The minimum absolute atomic E-state index is 0.0556. The highest BCUT2D eigenvalue weighted by molar-refractivity contribution is 5.78. The first-order chi connectivity index (χ1) is 7.16. The average molecular weight is 212 g/mol. The third-order valence-electron chi connectivity index (χ3n) is 3.34. The van der Waals surface area contributed by atoms with Crippen molar-refractivity contribution >= 4 is 11.9 Å². The lowest BCUT2D eigenvalue weighted by Crippen LogP contribution is -2.51. The number of carbonyl (C=O) groups excluding carboxylic acids is 1. The molecule has 1 aliphatic heterocycles. The summed E-state index contributed by atoms with van der Waals surface area (Å²) in [7, 11) is 0. The minimum atomic E-state index is -0.695. The van der Waals surface area contributed by atoms with E-state index in [1.807, 2.05) is 0 Å². The molecule has 1 saturated carbocycles. The predicted molar refractivity (Wildman–Crippen MR) is 53.3 cm³/mol. The van der Waals surface area contributed by atoms with E-state index in [-0.39, 0.29) is 17.9 Å². The van der Waals surface area contributed by atoms with Gasteiger partial charge in [0.25, 0.3) is 0 Å². The van der Waals surface area contributed by atoms with Crippen LogP contribution in [0, 0.1) is 5.92 Å². The van der Waals surface area contributed by atoms with Crippen molar-refractivity contribution < 1.29 is 14.7 Å². The second-order valence-electron chi connectivity index (χ2n) is 4.32. The van der Waals surface area contributed by atoms with Crippen LogP contribution in [0.15, 0.2) is 0 Å². The van der Waals surface area contributed by atoms with Crippen LogP contribution in [0.1, 0.15) is 19.3 Å². The molecule has 2 rings (SSSR count). The third kappa shape index (κ3) is 2.28. The van der Waals surface area contributed by atoms with Crippen LogP contribution in [0.25, 0.3) is 0 Å². The number of aliphatic carboxylic acids is 1. The SMILES string of the molecule is O=C1CN(C2CCC(C(=O)O)C2)CCN1. The molecule has 0 aromatic rings. The van der Waals surface area contributed by atoms with Crippen LogP contribution in [0.4, 0.5) is 0 Å². The molecule has 1 saturated heterocycles. The molecule has 5 heteroatoms. The van der Waals surface area contributed by atoms with Gasteiger partial charge in [-0.15, -0.1) is 0 Å². The maximum atomic E-state index is 11.2. The van der Waals surface area contributed by atoms with Crippen molar-refractivity contribution in [2.45, 2.75) is 25.3 Å². The van der Waals surface area contributed by atoms with Crippen LogP contribution in [0.5, 0.6) is 0 Å². The number of nitrogens with zero attached hydrogens (tertiary/aromatic N) is 1. The second kappa shape index (κ2) is 4.18. The first-order valence-corrected chi connectivity index (χ1v) is 5.40. The van der Waals surface area contributed by atoms with E-state index in [2.05, 4.69) is 10.2 Å². The summed E-state index contributed by atoms with van der Waals surface area (Å²) in [5, 5.41) is 11.7. The summed E-state index contributed by atoms with van der Waals surface area (Å²) >= 11 is 0. The smallest absolute Gasteiger partial charge is 0.306 e. The molecule has 2 atom stereocenters. The van der Waals surface area contributed by atoms with Crippen molar-refractivity contribution in [2.24, 2.45) is 5.92 Å². The first-order valence-electron chi connectivity index (χ1n) is 5.40. The van der Waals surface area contributed by atoms with E-state index in [4.69, 9.17) is 5.11 Å². The van der Waals surface area contributed by atoms with Crippen molar-refractivity contribution in [1.29, 1.82) is 0 Å². The molecule has 2 aliphatic rings. The van der Waals surface area contributed by atoms with Gasteiger partial charge in [0, 0.05) is 19.1 Å². The molecule has 5 nitrogen and oxygen atoms in total. The maximum absolute atomic E-state index is 11.2. The molecular weight excluding hydrogens is 196 g/mol. The maximum Gasteiger partial charge on any atom is 0.306 e. The molecule has 1 aliphatic carbocycles. The van der Waals surface area contributed by atoms with Crippen LogP contribution in [-0.4, -0.2) is 47.6 Å². The Hall–Kier alpha value is -1.10. The van der Waals surface area contributed by atoms with E-state index in [1.165, 1.54) is 0 Å². The van der Waals surface area contributed by atoms with Crippen molar-refractivity contribution in [2.75, 3.05) is 19.6 Å². The highest BCUT2D eigenvalue weighted by Gasteiger charge is 2.34. The van der Waals surface area contributed by atoms with Gasteiger partial charge in [0.15, 0.2) is 0 Å². The van der Waals surface area contributed by atoms with E-state index in [0.29, 0.717) is 19.5 Å². The Balaban J connectivity index is 1.89. The van der Waals surface area contributed by atoms with Gasteiger partial charge in [-0.3, -0.25) is 14.5 Å². The van der Waals surface area contributed by atoms with Crippen molar-refractivity contribution in [3.63, 3.8) is 0 Å². The number of carbonyl (C=O) groups is 2. The molecule has 0 aromatic carbocycles. The van der Waals surface area contributed by atoms with Gasteiger partial charge in [-0.1, -0.05) is 0 Å². The number of piperazine rings is 1. The average Bonchev–Trinajstić information content (AvgIpc) is 2.66. The second-order valence-corrected chi connectivity index (χ2v) is 4.32. The molecule has 2 unspecified atom stereocenters. The van der Waals surface area contributed by atoms with Gasteiger partial charge >= 0.3 is 5.97 Å². The molecule has 1 amide bonds. The Morgan fingerprint density at radius 3 is 2.87 bits per heavy atom. The predicted octanol–water partition coefficient (Wildman–Crippen LogP) is -0.328. The fourth-order valence-electron chi connectivity index (χ4n) is 2.48. The van der Waals surface area contributed by atoms with Crippen LogP contribution < -0.4 is 5.32 Å². The number of carboxylic acids is 1. The molecule has 1 heterocycles. The third-order valence-corrected chi connectivity index (χ3v) is 3.34. The molecule has 15 heavy (non-hydrogen) atoms. The highest BCUT2D eigenvalue weighted by Crippen LogP contribution is 2.29. The fraction of sp³-hybridized carbons (Fsp3) is 0.800. The Morgan fingerprint density at radius 2 is 2.27 bits per heavy atom. The Kier molecular flexibility index (Phi) is 2.90. The van der Waals surface area contributed by atoms with E-state index >= 15 is 0 Å². The summed E-state index contributed by atoms with van der Waals surface area (Å²) in [4.78, 5) is 24.1. The van der Waals surface area contributed by atoms with E-state index in [1.54, 1.807) is 0 Å². The zero-order valence-electron chi connectivity index (χ0n) is 8.61. The molecule has 2 N–H and O–H groups in total. The summed E-state index contributed by atoms with van der Waals surface area (Å²) in [6.45, 7) is 1.97. The normalized spacial score (nSPS) is 32.7. The standard InChI is InChI=1S/C10H16N2O3/c13-9-6-12(4-3-11-9)8-2-1-7(5-8)10(14)15/h7-8H,1-6H2,(H,11,13)(H,14,15). The monoisotopic (exact) mass is 212 g/mol. The van der Waals surface area contributed by atoms with E-state index < -0.39 is 5.97 Å². The van der Waals surface area contributed by atoms with E-state index in [9.17, 15) is 9.59 Å². The number of rotatable bonds is 2. The van der Waals surface area contributed by atoms with Crippen molar-refractivity contribution in [1.82, 2.24) is 10.2 Å². The van der Waals surface area contributed by atoms with Gasteiger partial charge in [0.2, 0.25) is 5.91 Å². The largest absolute Gasteiger partial charge is 0.481 e. The number of hydrogen-bond donors (Lipinski definition) is 2. The molecule has 84 valence electrons. The van der Waals surface area contributed by atoms with Gasteiger partial charge in [0.1, 0.15) is 0 Å². The zero-order chi connectivity index (χ0) is 10.8. The molecule has 0 spiro atoms. The Bertz CT molecular complexity index is 280. The first kappa shape index (κ1) is 10.4. The molecule has 0 bridgehead atoms. The number of amides is 1. The van der Waals surface area contributed by atoms with Crippen LogP contribution in [-0.2, 0) is 9.59 Å². The number of nitrogens with one attached hydrogen (secondary N) is 1. The Labute approximate surface area is 88.4 Å². The van der Waals surface area contributed by atoms with Crippen LogP contribution in [0.2, 0.25) is 0 Å². The highest BCUT2D eigenvalue weighted by atomic mass is 16.4. The fourth-order valence-corrected chi connectivity index (χ4v) is 2.48. The summed E-state index contributed by atoms with van der Waals surface area (Å²) in [5.41, 5.74) is 0. The van der Waals surface area contributed by atoms with Crippen molar-refractivity contribution in [3.05, 3.63) is 0 Å². The van der Waals surface area contributed by atoms with Gasteiger partial charge in [-0.2, -0.15) is 0 Å². The molecule has 0 radical (unpaired) electrons. The summed E-state index contributed by atoms with van der Waals surface area (Å²) in [6.07, 6.45) is 2.35. The zero-order valence-corrected chi connectivity index (χ0v) is 8.61. The van der Waals surface area contributed by atoms with Gasteiger partial charge in [-0.25, -0.2) is 0 Å². The van der Waals surface area contributed by atoms with Gasteiger partial charge in [0.05, 0.1) is 12.5 Å². The number of hydrogen-bond acceptors (Lipinski definition) is 3. The topological polar surface area (TPSA) is 69.6 Å². The molecular formula is C10H16N2O3.